The van der Waals surface area contributed by atoms with Crippen molar-refractivity contribution in [1.82, 2.24) is 0 Å². The Bertz CT molecular complexity index is 581. The molecule has 0 aromatic rings. The number of hydrogen-bond donors (Lipinski definition) is 1. The molecule has 4 aliphatic carbocycles. The molecule has 4 aliphatic rings. The zero-order chi connectivity index (χ0) is 18.3. The molecule has 4 fully saturated rings. The molecule has 2 nitrogen and oxygen atoms in total. The van der Waals surface area contributed by atoms with Crippen LogP contribution in [0.1, 0.15) is 92.4 Å². The van der Waals surface area contributed by atoms with Crippen molar-refractivity contribution in [2.24, 2.45) is 39.9 Å². The highest BCUT2D eigenvalue weighted by molar-refractivity contribution is 5.79. The van der Waals surface area contributed by atoms with E-state index in [1.807, 2.05) is 13.8 Å². The van der Waals surface area contributed by atoms with E-state index in [2.05, 4.69) is 20.8 Å². The third kappa shape index (κ3) is 2.28. The number of aliphatic hydroxyl groups is 1. The van der Waals surface area contributed by atoms with Crippen LogP contribution in [-0.4, -0.2) is 16.5 Å². The van der Waals surface area contributed by atoms with Gasteiger partial charge < -0.3 is 5.11 Å². The second kappa shape index (κ2) is 5.33. The van der Waals surface area contributed by atoms with E-state index < -0.39 is 5.60 Å². The number of carbonyl (C=O) groups is 1. The first-order valence-corrected chi connectivity index (χ1v) is 10.8. The molecule has 8 atom stereocenters. The average Bonchev–Trinajstić information content (AvgIpc) is 2.87. The molecule has 0 aliphatic heterocycles. The van der Waals surface area contributed by atoms with Crippen molar-refractivity contribution < 1.29 is 9.90 Å². The van der Waals surface area contributed by atoms with Gasteiger partial charge in [0, 0.05) is 5.92 Å². The van der Waals surface area contributed by atoms with Crippen molar-refractivity contribution >= 4 is 5.78 Å². The van der Waals surface area contributed by atoms with Gasteiger partial charge >= 0.3 is 0 Å². The quantitative estimate of drug-likeness (QED) is 0.692. The third-order valence-electron chi connectivity index (χ3n) is 10.3. The van der Waals surface area contributed by atoms with Crippen LogP contribution in [0, 0.1) is 39.9 Å². The van der Waals surface area contributed by atoms with Crippen LogP contribution in [0.15, 0.2) is 0 Å². The fourth-order valence-corrected chi connectivity index (χ4v) is 8.48. The lowest BCUT2D eigenvalue weighted by Gasteiger charge is -2.67. The van der Waals surface area contributed by atoms with Gasteiger partial charge in [-0.15, -0.1) is 0 Å². The molecule has 0 radical (unpaired) electrons. The summed E-state index contributed by atoms with van der Waals surface area (Å²) in [7, 11) is 0. The molecule has 1 N–H and O–H groups in total. The predicted molar refractivity (Wildman–Crippen MR) is 101 cm³/mol. The van der Waals surface area contributed by atoms with Gasteiger partial charge in [-0.3, -0.25) is 4.79 Å². The van der Waals surface area contributed by atoms with Gasteiger partial charge in [0.05, 0.1) is 5.60 Å². The molecule has 0 heterocycles. The number of hydrogen-bond acceptors (Lipinski definition) is 2. The highest BCUT2D eigenvalue weighted by Gasteiger charge is 2.66. The number of ketones is 1. The standard InChI is InChI=1S/C23H38O2/c1-15(24)17-8-9-18-19-7-6-16-14-20(2,25)10-12-22(16,4)23(19,5)13-11-21(17,18)3/h16-19,25H,6-14H2,1-5H3/t16-,17+,18-,19-,20+,21+,22-,23-/m0/s1. The molecule has 0 aromatic heterocycles. The Hall–Kier alpha value is -0.370. The summed E-state index contributed by atoms with van der Waals surface area (Å²) < 4.78 is 0. The molecule has 0 aromatic carbocycles. The summed E-state index contributed by atoms with van der Waals surface area (Å²) in [5.74, 6) is 2.93. The van der Waals surface area contributed by atoms with Crippen LogP contribution in [0.25, 0.3) is 0 Å². The topological polar surface area (TPSA) is 37.3 Å². The Morgan fingerprint density at radius 3 is 2.16 bits per heavy atom. The summed E-state index contributed by atoms with van der Waals surface area (Å²) in [6.45, 7) is 11.5. The van der Waals surface area contributed by atoms with Gasteiger partial charge in [0.1, 0.15) is 5.78 Å². The molecule has 25 heavy (non-hydrogen) atoms. The maximum absolute atomic E-state index is 12.3. The van der Waals surface area contributed by atoms with Gasteiger partial charge in [-0.2, -0.15) is 0 Å². The van der Waals surface area contributed by atoms with E-state index in [-0.39, 0.29) is 5.41 Å². The summed E-state index contributed by atoms with van der Waals surface area (Å²) in [6, 6.07) is 0. The third-order valence-corrected chi connectivity index (χ3v) is 10.3. The molecule has 0 bridgehead atoms. The van der Waals surface area contributed by atoms with Crippen molar-refractivity contribution in [2.75, 3.05) is 0 Å². The van der Waals surface area contributed by atoms with Crippen LogP contribution in [0.3, 0.4) is 0 Å². The van der Waals surface area contributed by atoms with Crippen LogP contribution in [0.2, 0.25) is 0 Å². The molecule has 0 saturated heterocycles. The van der Waals surface area contributed by atoms with E-state index in [9.17, 15) is 9.90 Å². The number of fused-ring (bicyclic) bond motifs is 5. The molecular formula is C23H38O2. The fraction of sp³-hybridized carbons (Fsp3) is 0.957. The van der Waals surface area contributed by atoms with Gasteiger partial charge in [0.15, 0.2) is 0 Å². The van der Waals surface area contributed by atoms with Crippen molar-refractivity contribution in [2.45, 2.75) is 98.0 Å². The Balaban J connectivity index is 1.68. The zero-order valence-corrected chi connectivity index (χ0v) is 17.0. The Kier molecular flexibility index (Phi) is 3.84. The lowest BCUT2D eigenvalue weighted by Crippen LogP contribution is -2.61. The van der Waals surface area contributed by atoms with Gasteiger partial charge in [-0.05, 0) is 106 Å². The van der Waals surface area contributed by atoms with Crippen LogP contribution in [0.5, 0.6) is 0 Å². The second-order valence-electron chi connectivity index (χ2n) is 11.3. The van der Waals surface area contributed by atoms with E-state index in [0.717, 1.165) is 31.1 Å². The van der Waals surface area contributed by atoms with Crippen LogP contribution in [-0.2, 0) is 4.79 Å². The molecule has 0 unspecified atom stereocenters. The minimum absolute atomic E-state index is 0.249. The maximum atomic E-state index is 12.3. The lowest BCUT2D eigenvalue weighted by molar-refractivity contribution is -0.196. The summed E-state index contributed by atoms with van der Waals surface area (Å²) in [6.07, 6.45) is 10.6. The van der Waals surface area contributed by atoms with Crippen molar-refractivity contribution in [3.05, 3.63) is 0 Å². The number of rotatable bonds is 1. The van der Waals surface area contributed by atoms with Crippen LogP contribution < -0.4 is 0 Å². The van der Waals surface area contributed by atoms with E-state index in [4.69, 9.17) is 0 Å². The fourth-order valence-electron chi connectivity index (χ4n) is 8.48. The predicted octanol–water partition coefficient (Wildman–Crippen LogP) is 5.38. The monoisotopic (exact) mass is 346 g/mol. The Labute approximate surface area is 154 Å². The summed E-state index contributed by atoms with van der Waals surface area (Å²) in [5, 5.41) is 10.7. The number of Topliss-reactive ketones (excluding diaryl/α,β-unsaturated/α-hetero) is 1. The highest BCUT2D eigenvalue weighted by atomic mass is 16.3. The van der Waals surface area contributed by atoms with E-state index in [0.29, 0.717) is 28.4 Å². The SMILES string of the molecule is CC(=O)[C@H]1CC[C@H]2[C@@H]3CC[C@H]4C[C@](C)(O)CC[C@]4(C)[C@@]3(C)CC[C@]12C. The molecular weight excluding hydrogens is 308 g/mol. The zero-order valence-electron chi connectivity index (χ0n) is 17.0. The second-order valence-corrected chi connectivity index (χ2v) is 11.3. The molecule has 0 spiro atoms. The summed E-state index contributed by atoms with van der Waals surface area (Å²) >= 11 is 0. The summed E-state index contributed by atoms with van der Waals surface area (Å²) in [4.78, 5) is 12.3. The Morgan fingerprint density at radius 2 is 1.48 bits per heavy atom. The molecule has 4 rings (SSSR count). The van der Waals surface area contributed by atoms with Crippen molar-refractivity contribution in [3.63, 3.8) is 0 Å². The Morgan fingerprint density at radius 1 is 0.840 bits per heavy atom. The van der Waals surface area contributed by atoms with E-state index in [1.165, 1.54) is 38.5 Å². The van der Waals surface area contributed by atoms with Gasteiger partial charge in [0.2, 0.25) is 0 Å². The van der Waals surface area contributed by atoms with Crippen molar-refractivity contribution in [3.8, 4) is 0 Å². The molecule has 142 valence electrons. The normalized spacial score (nSPS) is 58.2. The largest absolute Gasteiger partial charge is 0.390 e. The minimum atomic E-state index is -0.455. The molecule has 4 saturated carbocycles. The molecule has 0 amide bonds. The highest BCUT2D eigenvalue weighted by Crippen LogP contribution is 2.73. The van der Waals surface area contributed by atoms with Gasteiger partial charge in [-0.1, -0.05) is 20.8 Å². The lowest BCUT2D eigenvalue weighted by atomic mass is 9.38. The van der Waals surface area contributed by atoms with Crippen LogP contribution >= 0.6 is 0 Å². The first-order chi connectivity index (χ1) is 11.5. The maximum Gasteiger partial charge on any atom is 0.133 e. The molecule has 2 heteroatoms. The number of carbonyl (C=O) groups excluding carboxylic acids is 1. The van der Waals surface area contributed by atoms with Gasteiger partial charge in [-0.25, -0.2) is 0 Å². The smallest absolute Gasteiger partial charge is 0.133 e. The van der Waals surface area contributed by atoms with Crippen molar-refractivity contribution in [1.29, 1.82) is 0 Å². The first-order valence-electron chi connectivity index (χ1n) is 10.8. The van der Waals surface area contributed by atoms with Gasteiger partial charge in [0.25, 0.3) is 0 Å². The summed E-state index contributed by atoms with van der Waals surface area (Å²) in [5.41, 5.74) is 0.555. The average molecular weight is 347 g/mol. The van der Waals surface area contributed by atoms with E-state index in [1.54, 1.807) is 0 Å². The van der Waals surface area contributed by atoms with E-state index >= 15 is 0 Å². The minimum Gasteiger partial charge on any atom is -0.390 e. The first kappa shape index (κ1) is 18.0. The van der Waals surface area contributed by atoms with Crippen LogP contribution in [0.4, 0.5) is 0 Å².